The molecule has 17 heavy (non-hydrogen) atoms. The SMILES string of the molecule is CCCn1c(C(=O)O)ccc1-c1ccccc1. The van der Waals surface area contributed by atoms with Gasteiger partial charge in [0, 0.05) is 12.2 Å². The number of aromatic carboxylic acids is 1. The fourth-order valence-corrected chi connectivity index (χ4v) is 1.98. The maximum atomic E-state index is 11.1. The lowest BCUT2D eigenvalue weighted by Gasteiger charge is -2.10. The molecule has 0 fully saturated rings. The van der Waals surface area contributed by atoms with Crippen LogP contribution in [0, 0.1) is 0 Å². The first-order chi connectivity index (χ1) is 8.24. The van der Waals surface area contributed by atoms with Crippen molar-refractivity contribution in [2.75, 3.05) is 0 Å². The summed E-state index contributed by atoms with van der Waals surface area (Å²) < 4.78 is 1.86. The predicted octanol–water partition coefficient (Wildman–Crippen LogP) is 3.26. The van der Waals surface area contributed by atoms with Gasteiger partial charge in [-0.1, -0.05) is 37.3 Å². The summed E-state index contributed by atoms with van der Waals surface area (Å²) in [5.41, 5.74) is 2.36. The summed E-state index contributed by atoms with van der Waals surface area (Å²) in [6, 6.07) is 13.4. The minimum Gasteiger partial charge on any atom is -0.477 e. The Morgan fingerprint density at radius 2 is 1.88 bits per heavy atom. The first-order valence-corrected chi connectivity index (χ1v) is 5.72. The van der Waals surface area contributed by atoms with Crippen molar-refractivity contribution in [3.8, 4) is 11.3 Å². The van der Waals surface area contributed by atoms with Gasteiger partial charge in [0.05, 0.1) is 0 Å². The van der Waals surface area contributed by atoms with E-state index < -0.39 is 5.97 Å². The predicted molar refractivity (Wildman–Crippen MR) is 67.1 cm³/mol. The van der Waals surface area contributed by atoms with Gasteiger partial charge in [-0.2, -0.15) is 0 Å². The molecule has 0 bridgehead atoms. The molecule has 1 aromatic heterocycles. The highest BCUT2D eigenvalue weighted by Gasteiger charge is 2.13. The molecule has 0 unspecified atom stereocenters. The number of aromatic nitrogens is 1. The van der Waals surface area contributed by atoms with Crippen LogP contribution in [0.25, 0.3) is 11.3 Å². The molecule has 0 amide bonds. The van der Waals surface area contributed by atoms with E-state index in [1.54, 1.807) is 6.07 Å². The number of hydrogen-bond acceptors (Lipinski definition) is 1. The summed E-state index contributed by atoms with van der Waals surface area (Å²) in [5, 5.41) is 9.13. The van der Waals surface area contributed by atoms with Crippen LogP contribution in [0.3, 0.4) is 0 Å². The van der Waals surface area contributed by atoms with E-state index in [0.29, 0.717) is 5.69 Å². The lowest BCUT2D eigenvalue weighted by molar-refractivity contribution is 0.0685. The number of carbonyl (C=O) groups is 1. The average Bonchev–Trinajstić information content (AvgIpc) is 2.75. The van der Waals surface area contributed by atoms with Crippen LogP contribution in [-0.4, -0.2) is 15.6 Å². The smallest absolute Gasteiger partial charge is 0.352 e. The number of carboxylic acid groups (broad SMARTS) is 1. The van der Waals surface area contributed by atoms with Crippen molar-refractivity contribution in [3.05, 3.63) is 48.2 Å². The minimum absolute atomic E-state index is 0.353. The molecule has 3 heteroatoms. The zero-order valence-corrected chi connectivity index (χ0v) is 9.76. The molecule has 0 radical (unpaired) electrons. The largest absolute Gasteiger partial charge is 0.477 e. The van der Waals surface area contributed by atoms with E-state index in [0.717, 1.165) is 24.2 Å². The number of carboxylic acids is 1. The molecule has 0 saturated heterocycles. The van der Waals surface area contributed by atoms with Gasteiger partial charge in [-0.15, -0.1) is 0 Å². The third-order valence-corrected chi connectivity index (χ3v) is 2.72. The highest BCUT2D eigenvalue weighted by atomic mass is 16.4. The van der Waals surface area contributed by atoms with Crippen LogP contribution >= 0.6 is 0 Å². The third kappa shape index (κ3) is 2.23. The normalized spacial score (nSPS) is 10.4. The lowest BCUT2D eigenvalue weighted by Crippen LogP contribution is -2.09. The van der Waals surface area contributed by atoms with E-state index in [-0.39, 0.29) is 0 Å². The van der Waals surface area contributed by atoms with Gasteiger partial charge in [-0.25, -0.2) is 4.79 Å². The van der Waals surface area contributed by atoms with Gasteiger partial charge < -0.3 is 9.67 Å². The standard InChI is InChI=1S/C14H15NO2/c1-2-10-15-12(8-9-13(15)14(16)17)11-6-4-3-5-7-11/h3-9H,2,10H2,1H3,(H,16,17). The minimum atomic E-state index is -0.874. The monoisotopic (exact) mass is 229 g/mol. The van der Waals surface area contributed by atoms with E-state index in [1.165, 1.54) is 0 Å². The average molecular weight is 229 g/mol. The summed E-state index contributed by atoms with van der Waals surface area (Å²) in [6.07, 6.45) is 0.912. The fourth-order valence-electron chi connectivity index (χ4n) is 1.98. The van der Waals surface area contributed by atoms with Crippen LogP contribution < -0.4 is 0 Å². The number of nitrogens with zero attached hydrogens (tertiary/aromatic N) is 1. The van der Waals surface area contributed by atoms with Gasteiger partial charge in [0.25, 0.3) is 0 Å². The topological polar surface area (TPSA) is 42.2 Å². The summed E-state index contributed by atoms with van der Waals surface area (Å²) in [7, 11) is 0. The van der Waals surface area contributed by atoms with Gasteiger partial charge in [-0.05, 0) is 24.1 Å². The quantitative estimate of drug-likeness (QED) is 0.874. The molecule has 0 saturated carbocycles. The molecular weight excluding hydrogens is 214 g/mol. The van der Waals surface area contributed by atoms with Gasteiger partial charge >= 0.3 is 5.97 Å². The highest BCUT2D eigenvalue weighted by molar-refractivity contribution is 5.87. The van der Waals surface area contributed by atoms with Gasteiger partial charge in [0.1, 0.15) is 5.69 Å². The van der Waals surface area contributed by atoms with Crippen LogP contribution in [0.4, 0.5) is 0 Å². The van der Waals surface area contributed by atoms with E-state index in [1.807, 2.05) is 47.9 Å². The van der Waals surface area contributed by atoms with Crippen LogP contribution in [-0.2, 0) is 6.54 Å². The molecule has 0 atom stereocenters. The van der Waals surface area contributed by atoms with Crippen LogP contribution in [0.15, 0.2) is 42.5 Å². The zero-order valence-electron chi connectivity index (χ0n) is 9.76. The van der Waals surface area contributed by atoms with Crippen LogP contribution in [0.2, 0.25) is 0 Å². The molecule has 0 spiro atoms. The lowest BCUT2D eigenvalue weighted by atomic mass is 10.1. The fraction of sp³-hybridized carbons (Fsp3) is 0.214. The first kappa shape index (κ1) is 11.5. The second-order valence-corrected chi connectivity index (χ2v) is 3.93. The van der Waals surface area contributed by atoms with Crippen LogP contribution in [0.1, 0.15) is 23.8 Å². The Labute approximate surface area is 100 Å². The summed E-state index contributed by atoms with van der Waals surface area (Å²) in [5.74, 6) is -0.874. The molecule has 0 aliphatic carbocycles. The molecular formula is C14H15NO2. The summed E-state index contributed by atoms with van der Waals surface area (Å²) >= 11 is 0. The van der Waals surface area contributed by atoms with Gasteiger partial charge in [-0.3, -0.25) is 0 Å². The van der Waals surface area contributed by atoms with E-state index >= 15 is 0 Å². The van der Waals surface area contributed by atoms with Crippen molar-refractivity contribution < 1.29 is 9.90 Å². The van der Waals surface area contributed by atoms with Crippen LogP contribution in [0.5, 0.6) is 0 Å². The Morgan fingerprint density at radius 3 is 2.47 bits per heavy atom. The molecule has 88 valence electrons. The highest BCUT2D eigenvalue weighted by Crippen LogP contribution is 2.22. The molecule has 1 aromatic carbocycles. The Morgan fingerprint density at radius 1 is 1.18 bits per heavy atom. The van der Waals surface area contributed by atoms with Crippen molar-refractivity contribution in [3.63, 3.8) is 0 Å². The second-order valence-electron chi connectivity index (χ2n) is 3.93. The molecule has 0 aliphatic heterocycles. The van der Waals surface area contributed by atoms with E-state index in [2.05, 4.69) is 0 Å². The zero-order chi connectivity index (χ0) is 12.3. The van der Waals surface area contributed by atoms with Gasteiger partial charge in [0.2, 0.25) is 0 Å². The van der Waals surface area contributed by atoms with Crippen molar-refractivity contribution in [2.24, 2.45) is 0 Å². The van der Waals surface area contributed by atoms with Crippen molar-refractivity contribution >= 4 is 5.97 Å². The van der Waals surface area contributed by atoms with Crippen molar-refractivity contribution in [2.45, 2.75) is 19.9 Å². The molecule has 2 aromatic rings. The Hall–Kier alpha value is -2.03. The maximum Gasteiger partial charge on any atom is 0.352 e. The van der Waals surface area contributed by atoms with Crippen molar-refractivity contribution in [1.29, 1.82) is 0 Å². The molecule has 1 heterocycles. The number of benzene rings is 1. The Bertz CT molecular complexity index is 514. The third-order valence-electron chi connectivity index (χ3n) is 2.72. The molecule has 0 aliphatic rings. The van der Waals surface area contributed by atoms with Crippen molar-refractivity contribution in [1.82, 2.24) is 4.57 Å². The second kappa shape index (κ2) is 4.87. The summed E-state index contributed by atoms with van der Waals surface area (Å²) in [6.45, 7) is 2.76. The summed E-state index contributed by atoms with van der Waals surface area (Å²) in [4.78, 5) is 11.1. The number of hydrogen-bond donors (Lipinski definition) is 1. The molecule has 1 N–H and O–H groups in total. The maximum absolute atomic E-state index is 11.1. The number of rotatable bonds is 4. The first-order valence-electron chi connectivity index (χ1n) is 5.72. The molecule has 2 rings (SSSR count). The molecule has 3 nitrogen and oxygen atoms in total. The Kier molecular flexibility index (Phi) is 3.28. The van der Waals surface area contributed by atoms with E-state index in [9.17, 15) is 4.79 Å². The van der Waals surface area contributed by atoms with E-state index in [4.69, 9.17) is 5.11 Å². The van der Waals surface area contributed by atoms with Gasteiger partial charge in [0.15, 0.2) is 0 Å². The Balaban J connectivity index is 2.51.